The van der Waals surface area contributed by atoms with E-state index in [0.29, 0.717) is 31.3 Å². The number of fused-ring (bicyclic) bond motifs is 10. The molecule has 9 saturated heterocycles. The number of aliphatic hydroxyl groups is 24. The van der Waals surface area contributed by atoms with Crippen LogP contribution in [0.2, 0.25) is 0 Å². The number of epoxide rings is 1. The summed E-state index contributed by atoms with van der Waals surface area (Å²) in [6, 6.07) is -1.39. The van der Waals surface area contributed by atoms with Crippen LogP contribution in [0.3, 0.4) is 0 Å². The molecule has 4 saturated carbocycles. The zero-order valence-corrected chi connectivity index (χ0v) is 84.3. The highest BCUT2D eigenvalue weighted by Gasteiger charge is 2.81. The van der Waals surface area contributed by atoms with Gasteiger partial charge in [-0.15, -0.1) is 13.2 Å². The van der Waals surface area contributed by atoms with Crippen molar-refractivity contribution >= 4 is 17.8 Å². The molecule has 9 heterocycles. The number of carbonyl (C=O) groups excluding carboxylic acids is 3. The summed E-state index contributed by atoms with van der Waals surface area (Å²) >= 11 is 0. The molecule has 52 atom stereocenters. The lowest BCUT2D eigenvalue weighted by atomic mass is 9.34. The molecule has 0 aromatic rings. The van der Waals surface area contributed by atoms with E-state index in [1.165, 1.54) is 39.0 Å². The van der Waals surface area contributed by atoms with E-state index in [2.05, 4.69) is 38.9 Å². The zero-order valence-electron chi connectivity index (χ0n) is 84.3. The molecule has 17 unspecified atom stereocenters. The van der Waals surface area contributed by atoms with Gasteiger partial charge in [0.05, 0.1) is 106 Å². The Kier molecular flexibility index (Phi) is 36.3. The van der Waals surface area contributed by atoms with E-state index in [-0.39, 0.29) is 60.8 Å². The topological polar surface area (TPSA) is 727 Å². The molecule has 5 aliphatic carbocycles. The summed E-state index contributed by atoms with van der Waals surface area (Å²) in [5.41, 5.74) is -9.25. The average Bonchev–Trinajstić information content (AvgIpc) is 1.46. The van der Waals surface area contributed by atoms with Crippen molar-refractivity contribution in [3.63, 3.8) is 0 Å². The van der Waals surface area contributed by atoms with Gasteiger partial charge < -0.3 is 218 Å². The normalized spacial score (nSPS) is 48.7. The van der Waals surface area contributed by atoms with Gasteiger partial charge in [-0.3, -0.25) is 9.59 Å². The molecule has 13 fully saturated rings. The molecule has 47 nitrogen and oxygen atoms in total. The fraction of sp³-hybridized carbons (Fsp3) is 0.848. The highest BCUT2D eigenvalue weighted by Crippen LogP contribution is 2.79. The van der Waals surface area contributed by atoms with E-state index in [1.807, 2.05) is 20.8 Å². The smallest absolute Gasteiger partial charge is 0.336 e. The Morgan fingerprint density at radius 3 is 1.64 bits per heavy atom. The zero-order chi connectivity index (χ0) is 107. The Hall–Kier alpha value is -4.95. The van der Waals surface area contributed by atoms with E-state index in [1.54, 1.807) is 46.8 Å². The number of hydrogen-bond donors (Lipinski definition) is 25. The molecule has 0 aromatic heterocycles. The van der Waals surface area contributed by atoms with Crippen LogP contribution < -0.4 is 5.32 Å². The molecular formula is C99H155NO46. The van der Waals surface area contributed by atoms with Crippen LogP contribution in [0.1, 0.15) is 154 Å². The summed E-state index contributed by atoms with van der Waals surface area (Å²) in [7, 11) is 0. The first-order valence-corrected chi connectivity index (χ1v) is 50.3. The van der Waals surface area contributed by atoms with Crippen LogP contribution >= 0.6 is 0 Å². The second-order valence-corrected chi connectivity index (χ2v) is 44.6. The maximum atomic E-state index is 17.0. The molecule has 25 N–H and O–H groups in total. The molecule has 9 aliphatic heterocycles. The van der Waals surface area contributed by atoms with Crippen LogP contribution in [0.15, 0.2) is 72.6 Å². The summed E-state index contributed by atoms with van der Waals surface area (Å²) < 4.78 is 118. The van der Waals surface area contributed by atoms with Gasteiger partial charge in [-0.1, -0.05) is 91.0 Å². The molecule has 832 valence electrons. The van der Waals surface area contributed by atoms with E-state index >= 15 is 9.59 Å². The molecule has 14 aliphatic rings. The summed E-state index contributed by atoms with van der Waals surface area (Å²) in [5, 5.41) is 272. The molecule has 0 aromatic carbocycles. The van der Waals surface area contributed by atoms with Gasteiger partial charge in [-0.05, 0) is 120 Å². The lowest BCUT2D eigenvalue weighted by molar-refractivity contribution is -0.390. The van der Waals surface area contributed by atoms with E-state index in [4.69, 9.17) is 90.0 Å². The van der Waals surface area contributed by atoms with Gasteiger partial charge >= 0.3 is 11.9 Å². The van der Waals surface area contributed by atoms with Crippen LogP contribution in [0.4, 0.5) is 0 Å². The van der Waals surface area contributed by atoms with Crippen molar-refractivity contribution in [2.24, 2.45) is 50.2 Å². The highest BCUT2D eigenvalue weighted by atomic mass is 16.8. The first kappa shape index (κ1) is 117. The lowest BCUT2D eigenvalue weighted by Crippen LogP contribution is -2.70. The van der Waals surface area contributed by atoms with Crippen molar-refractivity contribution in [1.29, 1.82) is 0 Å². The van der Waals surface area contributed by atoms with Gasteiger partial charge in [0, 0.05) is 35.7 Å². The van der Waals surface area contributed by atoms with Crippen LogP contribution in [-0.2, 0) is 104 Å². The first-order valence-electron chi connectivity index (χ1n) is 50.3. The summed E-state index contributed by atoms with van der Waals surface area (Å²) in [4.78, 5) is 45.3. The number of esters is 2. The largest absolute Gasteiger partial charge is 0.485 e. The SMILES string of the molecule is C=CC(C)(O)CC/C=C(\CO)C(=C)O[C@@H]1C(C)O[C@@H](O[C@](C)(C=C)CC/C=C(\CO)C(=O)O[C@H]2C[C@@]3(C(=O)O[C@@H]4OC(CO)[C@@H](O)[C@H](O)C4O[C@@H]4OC(C)[C@H](O[C@@H]5O[C@@H](CO)[C@@H](O)[C@@H]5O)C(O[C@@H]5OC(CO)[C@@H](O)[C@H](O)C5O)[C@@H]4O)C(CC2(C)C)[C@@]2(C)C(=C[C@H]3O)[C@]3(C)CCC4C(C)(C)[C@@H](O[C@@H]5OC(CO[C@@H]6OC(C)[C@H](O)[C@H](O)C6O[C@@H]6OC[C@@H](O)[C@H](O)C6O)[C@@H](O)[C@H](O)C5NC(C)=O)CC[C@]4(C)C3[C@@H]3O[C@@H]32)C(O)[C@H]1O. The lowest BCUT2D eigenvalue weighted by Gasteiger charge is -2.69. The monoisotopic (exact) mass is 2090 g/mol. The standard InChI is InChI=1S/C99H155NO46/c1-17-94(12,127)25-19-21-44(32-101)39(3)130-74-41(5)133-88(72(123)68(74)119)146-95(13,18-2)26-20-22-45(33-102)82(125)138-56-31-99(91(126)145-90-78(67(118)61(112)48(35-104)136-90)144-87-73(124)76(142-86-71(122)65(116)60(111)47(34-103)134-86)75(42(6)132-87)141-85-70(121)62(113)49(36-105)135-85)53(30-92(56,8)9)98(16)52(29-54(99)108)97(15)27-23-51-93(10,11)55(24-28-96(51,14)80(97)79-81(98)140-79)139-83-57(100-43(7)106)64(115)63(114)50(137-83)38-129-89-77(66(117)58(109)40(4)131-89)143-84-69(120)59(110)46(107)37-128-84/h17-18,21-22,29,40-42,46-51,53-81,83-90,101-105,107-124,127H,1-3,19-20,23-28,30-38H2,4-16H3,(H,100,106)/b44-21+,45-22+/t40?,41?,42?,46-,47?,48?,49+,50?,51?,53?,54-,55+,56+,57?,58+,59+,60-,61-,62-,63-,64-,65+,66+,67+,68-,69?,70+,71?,72?,73+,74-,75+,76?,77?,78?,79+,80?,81+,83+,84+,85+,86+,87+,88+,89-,90+,94?,95-,96+,97+,98-,99-/m1/s1. The maximum absolute atomic E-state index is 17.0. The fourth-order valence-corrected chi connectivity index (χ4v) is 25.3. The predicted molar refractivity (Wildman–Crippen MR) is 493 cm³/mol. The third-order valence-corrected chi connectivity index (χ3v) is 34.1. The summed E-state index contributed by atoms with van der Waals surface area (Å²) in [6.45, 7) is 28.6. The van der Waals surface area contributed by atoms with Gasteiger partial charge in [0.2, 0.25) is 12.2 Å². The average molecular weight is 2100 g/mol. The van der Waals surface area contributed by atoms with E-state index < -0.39 is 384 Å². The van der Waals surface area contributed by atoms with E-state index in [9.17, 15) is 127 Å². The Morgan fingerprint density at radius 2 is 1.01 bits per heavy atom. The number of rotatable bonds is 36. The van der Waals surface area contributed by atoms with Crippen LogP contribution in [-0.4, -0.2) is 462 Å². The number of amides is 1. The minimum absolute atomic E-state index is 0.0274. The number of aliphatic hydroxyl groups excluding tert-OH is 23. The fourth-order valence-electron chi connectivity index (χ4n) is 25.3. The van der Waals surface area contributed by atoms with Gasteiger partial charge in [-0.2, -0.15) is 0 Å². The Labute approximate surface area is 845 Å². The van der Waals surface area contributed by atoms with Crippen molar-refractivity contribution in [1.82, 2.24) is 5.32 Å². The van der Waals surface area contributed by atoms with Crippen molar-refractivity contribution < 1.29 is 227 Å². The van der Waals surface area contributed by atoms with Gasteiger partial charge in [0.1, 0.15) is 170 Å². The van der Waals surface area contributed by atoms with Crippen LogP contribution in [0, 0.1) is 50.2 Å². The Morgan fingerprint density at radius 1 is 0.493 bits per heavy atom. The van der Waals surface area contributed by atoms with E-state index in [0.717, 1.165) is 0 Å². The van der Waals surface area contributed by atoms with Crippen molar-refractivity contribution in [3.05, 3.63) is 72.6 Å². The first-order chi connectivity index (χ1) is 68.5. The number of hydrogen-bond acceptors (Lipinski definition) is 46. The molecule has 146 heavy (non-hydrogen) atoms. The van der Waals surface area contributed by atoms with Crippen molar-refractivity contribution in [2.45, 2.75) is 429 Å². The van der Waals surface area contributed by atoms with Gasteiger partial charge in [-0.25, -0.2) is 4.79 Å². The minimum Gasteiger partial charge on any atom is -0.485 e. The molecule has 14 rings (SSSR count). The Bertz CT molecular complexity index is 4580. The maximum Gasteiger partial charge on any atom is 0.336 e. The molecule has 47 heteroatoms. The molecule has 0 bridgehead atoms. The van der Waals surface area contributed by atoms with Gasteiger partial charge in [0.15, 0.2) is 56.2 Å². The third kappa shape index (κ3) is 22.1. The van der Waals surface area contributed by atoms with Crippen LogP contribution in [0.25, 0.3) is 0 Å². The quantitative estimate of drug-likeness (QED) is 0.00528. The molecule has 1 amide bonds. The second kappa shape index (κ2) is 45.5. The molecule has 0 spiro atoms. The van der Waals surface area contributed by atoms with Crippen molar-refractivity contribution in [2.75, 3.05) is 46.2 Å². The number of allylic oxidation sites excluding steroid dienone is 2. The highest BCUT2D eigenvalue weighted by molar-refractivity contribution is 5.89. The summed E-state index contributed by atoms with van der Waals surface area (Å²) in [6.07, 6.45) is -61.9. The number of ether oxygens (including phenoxy) is 19. The molecule has 0 radical (unpaired) electrons. The number of carbonyl (C=O) groups is 3. The summed E-state index contributed by atoms with van der Waals surface area (Å²) in [5.74, 6) is -4.78. The minimum atomic E-state index is -2.33. The predicted octanol–water partition coefficient (Wildman–Crippen LogP) is -5.94. The van der Waals surface area contributed by atoms with Gasteiger partial charge in [0.25, 0.3) is 0 Å². The number of nitrogens with one attached hydrogen (secondary N) is 1. The third-order valence-electron chi connectivity index (χ3n) is 34.1. The van der Waals surface area contributed by atoms with Crippen LogP contribution in [0.5, 0.6) is 0 Å². The van der Waals surface area contributed by atoms with Crippen molar-refractivity contribution in [3.8, 4) is 0 Å². The Balaban J connectivity index is 0.754. The molecular weight excluding hydrogens is 1940 g/mol. The second-order valence-electron chi connectivity index (χ2n) is 44.6.